The number of carbonyl (C=O) groups excluding carboxylic acids is 1. The van der Waals surface area contributed by atoms with E-state index >= 15 is 0 Å². The Hall–Kier alpha value is -1.44. The Balaban J connectivity index is 0.000000360. The summed E-state index contributed by atoms with van der Waals surface area (Å²) in [6, 6.07) is 5.78. The highest BCUT2D eigenvalue weighted by molar-refractivity contribution is 7.85. The summed E-state index contributed by atoms with van der Waals surface area (Å²) in [5.41, 5.74) is 4.26. The number of carbonyl (C=O) groups is 1. The summed E-state index contributed by atoms with van der Waals surface area (Å²) >= 11 is 0. The summed E-state index contributed by atoms with van der Waals surface area (Å²) in [7, 11) is -4.27. The highest BCUT2D eigenvalue weighted by Gasteiger charge is 1.97. The molecule has 0 atom stereocenters. The van der Waals surface area contributed by atoms with Crippen molar-refractivity contribution in [3.05, 3.63) is 29.8 Å². The van der Waals surface area contributed by atoms with Crippen LogP contribution in [-0.2, 0) is 19.6 Å². The maximum Gasteiger partial charge on any atom is 0.361 e. The standard InChI is InChI=1S/C7H8O3S.C4H9NO2/c1-6-2-4-7(5-3-6)11(8,9)10;1-2-7-4(6)3-5/h2-5H,1H3,(H,8,9,10);2-3,5H2,1H3. The molecule has 3 N–H and O–H groups in total. The SMILES string of the molecule is CCOC(=O)C[NH3+].Cc1ccc(S(=O)(=O)[O-])cc1. The molecule has 6 nitrogen and oxygen atoms in total. The Morgan fingerprint density at radius 1 is 1.33 bits per heavy atom. The van der Waals surface area contributed by atoms with E-state index in [4.69, 9.17) is 0 Å². The van der Waals surface area contributed by atoms with Crippen LogP contribution in [-0.4, -0.2) is 32.1 Å². The van der Waals surface area contributed by atoms with Crippen molar-refractivity contribution in [3.63, 3.8) is 0 Å². The number of rotatable bonds is 3. The molecule has 0 radical (unpaired) electrons. The predicted octanol–water partition coefficient (Wildman–Crippen LogP) is -0.309. The summed E-state index contributed by atoms with van der Waals surface area (Å²) in [6.45, 7) is 4.27. The molecule has 0 fully saturated rings. The molecular weight excluding hydrogens is 258 g/mol. The van der Waals surface area contributed by atoms with Crippen LogP contribution in [0.15, 0.2) is 29.2 Å². The maximum absolute atomic E-state index is 10.4. The van der Waals surface area contributed by atoms with Crippen molar-refractivity contribution in [2.24, 2.45) is 0 Å². The van der Waals surface area contributed by atoms with Gasteiger partial charge in [0, 0.05) is 0 Å². The van der Waals surface area contributed by atoms with Crippen LogP contribution in [0.25, 0.3) is 0 Å². The highest BCUT2D eigenvalue weighted by Crippen LogP contribution is 2.08. The molecule has 7 heteroatoms. The average molecular weight is 275 g/mol. The second-order valence-electron chi connectivity index (χ2n) is 3.32. The van der Waals surface area contributed by atoms with Crippen LogP contribution in [0.2, 0.25) is 0 Å². The zero-order valence-electron chi connectivity index (χ0n) is 10.4. The Kier molecular flexibility index (Phi) is 7.18. The van der Waals surface area contributed by atoms with Gasteiger partial charge in [-0.15, -0.1) is 0 Å². The van der Waals surface area contributed by atoms with Crippen molar-refractivity contribution in [2.45, 2.75) is 18.7 Å². The molecule has 18 heavy (non-hydrogen) atoms. The number of hydrogen-bond donors (Lipinski definition) is 1. The van der Waals surface area contributed by atoms with Gasteiger partial charge < -0.3 is 15.0 Å². The lowest BCUT2D eigenvalue weighted by Gasteiger charge is -2.05. The molecule has 1 rings (SSSR count). The monoisotopic (exact) mass is 275 g/mol. The van der Waals surface area contributed by atoms with E-state index in [-0.39, 0.29) is 17.4 Å². The molecule has 0 aliphatic heterocycles. The van der Waals surface area contributed by atoms with E-state index in [1.807, 2.05) is 6.92 Å². The molecule has 0 heterocycles. The second-order valence-corrected chi connectivity index (χ2v) is 4.70. The molecule has 1 aromatic rings. The van der Waals surface area contributed by atoms with Gasteiger partial charge in [-0.25, -0.2) is 13.2 Å². The Bertz CT molecular complexity index is 467. The van der Waals surface area contributed by atoms with Crippen LogP contribution in [0.5, 0.6) is 0 Å². The van der Waals surface area contributed by atoms with E-state index < -0.39 is 10.1 Å². The Morgan fingerprint density at radius 2 is 1.83 bits per heavy atom. The predicted molar refractivity (Wildman–Crippen MR) is 63.5 cm³/mol. The van der Waals surface area contributed by atoms with Crippen LogP contribution in [0.4, 0.5) is 0 Å². The molecule has 0 saturated heterocycles. The van der Waals surface area contributed by atoms with Gasteiger partial charge in [-0.2, -0.15) is 0 Å². The molecular formula is C11H17NO5S. The van der Waals surface area contributed by atoms with Gasteiger partial charge in [0.2, 0.25) is 0 Å². The third kappa shape index (κ3) is 7.00. The van der Waals surface area contributed by atoms with E-state index in [0.29, 0.717) is 6.61 Å². The molecule has 0 saturated carbocycles. The first-order valence-electron chi connectivity index (χ1n) is 5.28. The van der Waals surface area contributed by atoms with Crippen molar-refractivity contribution >= 4 is 16.1 Å². The smallest absolute Gasteiger partial charge is 0.361 e. The molecule has 0 amide bonds. The average Bonchev–Trinajstić information content (AvgIpc) is 2.29. The molecule has 1 aromatic carbocycles. The molecule has 0 aliphatic carbocycles. The first-order valence-corrected chi connectivity index (χ1v) is 6.69. The van der Waals surface area contributed by atoms with Crippen molar-refractivity contribution in [3.8, 4) is 0 Å². The molecule has 0 spiro atoms. The van der Waals surface area contributed by atoms with E-state index in [1.54, 1.807) is 19.1 Å². The lowest BCUT2D eigenvalue weighted by molar-refractivity contribution is -0.359. The summed E-state index contributed by atoms with van der Waals surface area (Å²) in [4.78, 5) is 9.95. The van der Waals surface area contributed by atoms with Crippen molar-refractivity contribution in [1.29, 1.82) is 0 Å². The zero-order valence-corrected chi connectivity index (χ0v) is 11.2. The minimum Gasteiger partial charge on any atom is -0.744 e. The number of quaternary nitrogens is 1. The van der Waals surface area contributed by atoms with Crippen LogP contribution < -0.4 is 5.73 Å². The van der Waals surface area contributed by atoms with Crippen LogP contribution in [0.1, 0.15) is 12.5 Å². The summed E-state index contributed by atoms with van der Waals surface area (Å²) in [5.74, 6) is -0.234. The molecule has 0 unspecified atom stereocenters. The third-order valence-electron chi connectivity index (χ3n) is 1.82. The van der Waals surface area contributed by atoms with Gasteiger partial charge in [-0.05, 0) is 26.0 Å². The van der Waals surface area contributed by atoms with Gasteiger partial charge in [0.25, 0.3) is 0 Å². The molecule has 102 valence electrons. The number of hydrogen-bond acceptors (Lipinski definition) is 5. The van der Waals surface area contributed by atoms with Crippen molar-refractivity contribution in [1.82, 2.24) is 0 Å². The third-order valence-corrected chi connectivity index (χ3v) is 2.67. The van der Waals surface area contributed by atoms with Crippen LogP contribution in [0, 0.1) is 6.92 Å². The Morgan fingerprint density at radius 3 is 2.11 bits per heavy atom. The van der Waals surface area contributed by atoms with Gasteiger partial charge in [0.1, 0.15) is 10.1 Å². The summed E-state index contributed by atoms with van der Waals surface area (Å²) in [6.07, 6.45) is 0. The fourth-order valence-corrected chi connectivity index (χ4v) is 1.41. The van der Waals surface area contributed by atoms with Crippen LogP contribution in [0.3, 0.4) is 0 Å². The number of benzene rings is 1. The lowest BCUT2D eigenvalue weighted by Crippen LogP contribution is -2.54. The second kappa shape index (κ2) is 7.80. The number of ether oxygens (including phenoxy) is 1. The summed E-state index contributed by atoms with van der Waals surface area (Å²) in [5, 5.41) is 0. The normalized spacial score (nSPS) is 10.2. The van der Waals surface area contributed by atoms with Gasteiger partial charge in [0.15, 0.2) is 6.54 Å². The van der Waals surface area contributed by atoms with Crippen molar-refractivity contribution < 1.29 is 28.2 Å². The zero-order chi connectivity index (χ0) is 14.2. The largest absolute Gasteiger partial charge is 0.744 e. The fourth-order valence-electron chi connectivity index (χ4n) is 0.938. The number of aryl methyl sites for hydroxylation is 1. The van der Waals surface area contributed by atoms with E-state index in [9.17, 15) is 17.8 Å². The number of esters is 1. The first-order chi connectivity index (χ1) is 8.31. The van der Waals surface area contributed by atoms with Gasteiger partial charge in [-0.1, -0.05) is 17.7 Å². The van der Waals surface area contributed by atoms with E-state index in [0.717, 1.165) is 5.56 Å². The van der Waals surface area contributed by atoms with Crippen molar-refractivity contribution in [2.75, 3.05) is 13.2 Å². The van der Waals surface area contributed by atoms with E-state index in [2.05, 4.69) is 10.5 Å². The minimum atomic E-state index is -4.27. The lowest BCUT2D eigenvalue weighted by atomic mass is 10.2. The Labute approximate surface area is 107 Å². The van der Waals surface area contributed by atoms with Crippen LogP contribution >= 0.6 is 0 Å². The topological polar surface area (TPSA) is 111 Å². The maximum atomic E-state index is 10.4. The molecule has 0 bridgehead atoms. The van der Waals surface area contributed by atoms with E-state index in [1.165, 1.54) is 12.1 Å². The first kappa shape index (κ1) is 16.6. The minimum absolute atomic E-state index is 0.178. The van der Waals surface area contributed by atoms with Gasteiger partial charge >= 0.3 is 5.97 Å². The summed E-state index contributed by atoms with van der Waals surface area (Å²) < 4.78 is 35.7. The van der Waals surface area contributed by atoms with Gasteiger partial charge in [0.05, 0.1) is 11.5 Å². The van der Waals surface area contributed by atoms with Gasteiger partial charge in [-0.3, -0.25) is 0 Å². The quantitative estimate of drug-likeness (QED) is 0.601. The molecule has 0 aliphatic rings. The fraction of sp³-hybridized carbons (Fsp3) is 0.364. The molecule has 0 aromatic heterocycles. The highest BCUT2D eigenvalue weighted by atomic mass is 32.2.